The van der Waals surface area contributed by atoms with Crippen LogP contribution in [0.25, 0.3) is 0 Å². The van der Waals surface area contributed by atoms with Crippen LogP contribution in [-0.4, -0.2) is 0 Å². The van der Waals surface area contributed by atoms with Gasteiger partial charge in [0.1, 0.15) is 0 Å². The molecule has 0 aromatic heterocycles. The Kier molecular flexibility index (Phi) is 1.76. The molecule has 0 fully saturated rings. The first-order valence-electron chi connectivity index (χ1n) is 2.89. The predicted octanol–water partition coefficient (Wildman–Crippen LogP) is 2.62. The normalized spacial score (nSPS) is 11.5. The molecule has 59 valence electrons. The zero-order chi connectivity index (χ0) is 8.48. The molecule has 0 bridgehead atoms. The highest BCUT2D eigenvalue weighted by atomic mass is 19.4. The molecule has 1 rings (SSSR count). The molecule has 1 N–H and O–H groups in total. The van der Waals surface area contributed by atoms with Crippen molar-refractivity contribution in [3.63, 3.8) is 0 Å². The van der Waals surface area contributed by atoms with Gasteiger partial charge in [-0.1, -0.05) is 6.07 Å². The van der Waals surface area contributed by atoms with Gasteiger partial charge in [-0.3, -0.25) is 0 Å². The summed E-state index contributed by atoms with van der Waals surface area (Å²) in [6.45, 7) is 0. The Morgan fingerprint density at radius 2 is 1.82 bits per heavy atom. The first-order valence-corrected chi connectivity index (χ1v) is 2.89. The van der Waals surface area contributed by atoms with Gasteiger partial charge in [-0.25, -0.2) is 0 Å². The van der Waals surface area contributed by atoms with Gasteiger partial charge < -0.3 is 5.73 Å². The minimum atomic E-state index is -4.34. The average Bonchev–Trinajstić information content (AvgIpc) is 1.86. The lowest BCUT2D eigenvalue weighted by Crippen LogP contribution is -2.03. The van der Waals surface area contributed by atoms with Crippen LogP contribution in [0.1, 0.15) is 5.56 Å². The lowest BCUT2D eigenvalue weighted by molar-refractivity contribution is -0.137. The van der Waals surface area contributed by atoms with E-state index in [1.165, 1.54) is 12.1 Å². The molecule has 0 aliphatic heterocycles. The maximum Gasteiger partial charge on any atom is 0.416 e. The van der Waals surface area contributed by atoms with Crippen LogP contribution < -0.4 is 5.73 Å². The van der Waals surface area contributed by atoms with Crippen LogP contribution in [0.2, 0.25) is 0 Å². The van der Waals surface area contributed by atoms with Crippen LogP contribution in [0.15, 0.2) is 24.3 Å². The van der Waals surface area contributed by atoms with Gasteiger partial charge in [-0.15, -0.1) is 0 Å². The zero-order valence-electron chi connectivity index (χ0n) is 5.44. The molecule has 1 nitrogen and oxygen atoms in total. The van der Waals surface area contributed by atoms with Gasteiger partial charge >= 0.3 is 6.18 Å². The second-order valence-electron chi connectivity index (χ2n) is 2.08. The number of halogens is 3. The van der Waals surface area contributed by atoms with Crippen molar-refractivity contribution < 1.29 is 13.2 Å². The molecule has 0 saturated carbocycles. The van der Waals surface area contributed by atoms with Crippen molar-refractivity contribution in [3.8, 4) is 0 Å². The van der Waals surface area contributed by atoms with Gasteiger partial charge in [-0.2, -0.15) is 13.2 Å². The zero-order valence-corrected chi connectivity index (χ0v) is 5.44. The van der Waals surface area contributed by atoms with E-state index in [9.17, 15) is 13.2 Å². The fraction of sp³-hybridized carbons (Fsp3) is 0.143. The predicted molar refractivity (Wildman–Crippen MR) is 34.2 cm³/mol. The number of alkyl halides is 3. The van der Waals surface area contributed by atoms with Gasteiger partial charge in [0.2, 0.25) is 0 Å². The molecule has 0 aliphatic rings. The molecule has 1 aromatic rings. The van der Waals surface area contributed by atoms with Crippen LogP contribution in [0.3, 0.4) is 0 Å². The third kappa shape index (κ3) is 1.86. The summed E-state index contributed by atoms with van der Waals surface area (Å²) in [7, 11) is 0. The summed E-state index contributed by atoms with van der Waals surface area (Å²) in [5.74, 6) is 0. The number of hydrogen-bond donors (Lipinski definition) is 0. The van der Waals surface area contributed by atoms with Gasteiger partial charge in [0.25, 0.3) is 0 Å². The number of nitrogens with one attached hydrogen (secondary N) is 1. The Labute approximate surface area is 61.6 Å². The van der Waals surface area contributed by atoms with E-state index < -0.39 is 11.7 Å². The highest BCUT2D eigenvalue weighted by Crippen LogP contribution is 2.30. The first kappa shape index (κ1) is 7.91. The summed E-state index contributed by atoms with van der Waals surface area (Å²) in [5, 5.41) is 0. The van der Waals surface area contributed by atoms with Crippen molar-refractivity contribution in [1.29, 1.82) is 0 Å². The Morgan fingerprint density at radius 3 is 2.18 bits per heavy atom. The standard InChI is InChI=1S/C7H5F3N/c8-7(9,10)5-2-1-3-6(11)4-5/h1-4,11H. The van der Waals surface area contributed by atoms with E-state index >= 15 is 0 Å². The van der Waals surface area contributed by atoms with Gasteiger partial charge in [0.15, 0.2) is 0 Å². The van der Waals surface area contributed by atoms with Crippen LogP contribution in [0.5, 0.6) is 0 Å². The van der Waals surface area contributed by atoms with E-state index in [1.54, 1.807) is 0 Å². The fourth-order valence-electron chi connectivity index (χ4n) is 0.696. The molecule has 11 heavy (non-hydrogen) atoms. The summed E-state index contributed by atoms with van der Waals surface area (Å²) < 4.78 is 35.7. The van der Waals surface area contributed by atoms with Crippen molar-refractivity contribution in [1.82, 2.24) is 5.73 Å². The summed E-state index contributed by atoms with van der Waals surface area (Å²) >= 11 is 0. The second-order valence-corrected chi connectivity index (χ2v) is 2.08. The molecule has 0 saturated heterocycles. The van der Waals surface area contributed by atoms with Crippen molar-refractivity contribution in [3.05, 3.63) is 29.8 Å². The van der Waals surface area contributed by atoms with Crippen LogP contribution in [0, 0.1) is 0 Å². The Morgan fingerprint density at radius 1 is 1.18 bits per heavy atom. The first-order chi connectivity index (χ1) is 5.00. The Hall–Kier alpha value is -1.19. The van der Waals surface area contributed by atoms with Gasteiger partial charge in [0, 0.05) is 0 Å². The van der Waals surface area contributed by atoms with E-state index in [-0.39, 0.29) is 5.69 Å². The summed E-state index contributed by atoms with van der Waals surface area (Å²) in [5.41, 5.74) is 6.02. The molecule has 0 atom stereocenters. The van der Waals surface area contributed by atoms with E-state index in [2.05, 4.69) is 0 Å². The third-order valence-electron chi connectivity index (χ3n) is 1.19. The largest absolute Gasteiger partial charge is 0.416 e. The highest BCUT2D eigenvalue weighted by Gasteiger charge is 2.30. The summed E-state index contributed by atoms with van der Waals surface area (Å²) in [6, 6.07) is 4.25. The van der Waals surface area contributed by atoms with E-state index in [0.717, 1.165) is 12.1 Å². The molecule has 0 amide bonds. The SMILES string of the molecule is [NH]c1cccc(C(F)(F)F)c1. The van der Waals surface area contributed by atoms with Crippen molar-refractivity contribution in [2.75, 3.05) is 0 Å². The van der Waals surface area contributed by atoms with E-state index in [4.69, 9.17) is 5.73 Å². The maximum atomic E-state index is 11.9. The van der Waals surface area contributed by atoms with Crippen molar-refractivity contribution in [2.24, 2.45) is 0 Å². The van der Waals surface area contributed by atoms with Crippen molar-refractivity contribution >= 4 is 5.69 Å². The molecule has 0 spiro atoms. The minimum absolute atomic E-state index is 0.125. The van der Waals surface area contributed by atoms with Crippen LogP contribution in [0.4, 0.5) is 18.9 Å². The molecule has 0 unspecified atom stereocenters. The smallest absolute Gasteiger partial charge is 0.301 e. The van der Waals surface area contributed by atoms with E-state index in [0.29, 0.717) is 0 Å². The fourth-order valence-corrected chi connectivity index (χ4v) is 0.696. The molecule has 0 heterocycles. The average molecular weight is 160 g/mol. The molecular weight excluding hydrogens is 155 g/mol. The minimum Gasteiger partial charge on any atom is -0.301 e. The van der Waals surface area contributed by atoms with Crippen LogP contribution in [-0.2, 0) is 6.18 Å². The molecule has 4 heteroatoms. The second kappa shape index (κ2) is 2.45. The molecule has 0 aliphatic carbocycles. The lowest BCUT2D eigenvalue weighted by atomic mass is 10.2. The third-order valence-corrected chi connectivity index (χ3v) is 1.19. The maximum absolute atomic E-state index is 11.9. The molecular formula is C7H5F3N. The van der Waals surface area contributed by atoms with E-state index in [1.807, 2.05) is 0 Å². The number of rotatable bonds is 0. The van der Waals surface area contributed by atoms with Crippen molar-refractivity contribution in [2.45, 2.75) is 6.18 Å². The van der Waals surface area contributed by atoms with Crippen LogP contribution >= 0.6 is 0 Å². The monoisotopic (exact) mass is 160 g/mol. The van der Waals surface area contributed by atoms with Gasteiger partial charge in [-0.05, 0) is 18.2 Å². The highest BCUT2D eigenvalue weighted by molar-refractivity contribution is 5.38. The Bertz CT molecular complexity index is 254. The number of benzene rings is 1. The lowest BCUT2D eigenvalue weighted by Gasteiger charge is -2.05. The number of hydrogen-bond acceptors (Lipinski definition) is 0. The quantitative estimate of drug-likeness (QED) is 0.557. The molecule has 1 radical (unpaired) electrons. The summed E-state index contributed by atoms with van der Waals surface area (Å²) in [6.07, 6.45) is -4.34. The summed E-state index contributed by atoms with van der Waals surface area (Å²) in [4.78, 5) is 0. The Balaban J connectivity index is 3.06. The topological polar surface area (TPSA) is 23.8 Å². The molecule has 1 aromatic carbocycles. The van der Waals surface area contributed by atoms with Gasteiger partial charge in [0.05, 0.1) is 11.3 Å².